The maximum Gasteiger partial charge on any atom is 0.162 e. The number of rotatable bonds is 2. The highest BCUT2D eigenvalue weighted by atomic mass is 79.9. The molecule has 0 fully saturated rings. The van der Waals surface area contributed by atoms with E-state index in [1.807, 2.05) is 18.2 Å². The molecular weight excluding hydrogens is 570 g/mol. The van der Waals surface area contributed by atoms with Gasteiger partial charge >= 0.3 is 0 Å². The predicted octanol–water partition coefficient (Wildman–Crippen LogP) is 7.81. The van der Waals surface area contributed by atoms with Crippen LogP contribution >= 0.6 is 31.9 Å². The topological polar surface area (TPSA) is 57.6 Å². The Kier molecular flexibility index (Phi) is 5.92. The molecule has 0 atom stereocenters. The molecule has 0 spiro atoms. The summed E-state index contributed by atoms with van der Waals surface area (Å²) in [6, 6.07) is 13.2. The molecule has 2 aromatic rings. The molecule has 5 rings (SSSR count). The molecule has 0 saturated carbocycles. The number of aromatic hydroxyl groups is 1. The number of carbonyl (C=O) groups excluding carboxylic acids is 2. The van der Waals surface area contributed by atoms with Crippen molar-refractivity contribution in [3.63, 3.8) is 0 Å². The minimum absolute atomic E-state index is 0.0701. The molecule has 0 radical (unpaired) electrons. The Morgan fingerprint density at radius 3 is 1.94 bits per heavy atom. The molecule has 182 valence electrons. The first-order chi connectivity index (χ1) is 16.4. The van der Waals surface area contributed by atoms with Crippen LogP contribution in [-0.2, 0) is 9.59 Å². The van der Waals surface area contributed by atoms with E-state index in [0.717, 1.165) is 44.4 Å². The summed E-state index contributed by atoms with van der Waals surface area (Å²) in [4.78, 5) is 29.9. The summed E-state index contributed by atoms with van der Waals surface area (Å²) in [5, 5.41) is 10.4. The molecule has 35 heavy (non-hydrogen) atoms. The van der Waals surface area contributed by atoms with Crippen LogP contribution in [-0.4, -0.2) is 16.7 Å². The van der Waals surface area contributed by atoms with E-state index in [2.05, 4.69) is 70.5 Å². The SMILES string of the molecule is CC1(C)CC(=O)C2=C(C1)N(c1cccc(Br)c1)C1=C(C(=O)CC(C)(C)C1)C2c1cc(O)ccc1Br. The second-order valence-corrected chi connectivity index (χ2v) is 13.3. The Morgan fingerprint density at radius 2 is 1.40 bits per heavy atom. The number of carbonyl (C=O) groups is 2. The van der Waals surface area contributed by atoms with Crippen LogP contribution in [0.15, 0.2) is 74.0 Å². The van der Waals surface area contributed by atoms with Crippen LogP contribution in [0.4, 0.5) is 5.69 Å². The van der Waals surface area contributed by atoms with Crippen LogP contribution in [0.5, 0.6) is 5.75 Å². The van der Waals surface area contributed by atoms with Crippen molar-refractivity contribution in [2.24, 2.45) is 10.8 Å². The largest absolute Gasteiger partial charge is 0.508 e. The lowest BCUT2D eigenvalue weighted by Crippen LogP contribution is -2.44. The Hall–Kier alpha value is -2.18. The quantitative estimate of drug-likeness (QED) is 0.383. The van der Waals surface area contributed by atoms with Gasteiger partial charge in [0.1, 0.15) is 5.75 Å². The standard InChI is InChI=1S/C29H29Br2NO3/c1-28(2)12-21-26(23(34)14-28)25(19-11-18(33)8-9-20(19)31)27-22(13-29(3,4)15-24(27)35)32(21)17-7-5-6-16(30)10-17/h5-11,25,33H,12-15H2,1-4H3. The minimum Gasteiger partial charge on any atom is -0.508 e. The average Bonchev–Trinajstić information content (AvgIpc) is 2.72. The number of benzene rings is 2. The molecule has 2 aliphatic carbocycles. The van der Waals surface area contributed by atoms with Gasteiger partial charge in [0, 0.05) is 55.9 Å². The number of allylic oxidation sites excluding steroid dienone is 4. The van der Waals surface area contributed by atoms with Crippen LogP contribution < -0.4 is 4.90 Å². The van der Waals surface area contributed by atoms with Crippen LogP contribution in [0.2, 0.25) is 0 Å². The average molecular weight is 599 g/mol. The number of phenols is 1. The summed E-state index contributed by atoms with van der Waals surface area (Å²) in [6.07, 6.45) is 2.29. The molecule has 1 heterocycles. The first kappa shape index (κ1) is 24.5. The summed E-state index contributed by atoms with van der Waals surface area (Å²) in [5.41, 5.74) is 4.61. The Morgan fingerprint density at radius 1 is 0.829 bits per heavy atom. The number of ketones is 2. The zero-order chi connectivity index (χ0) is 25.3. The van der Waals surface area contributed by atoms with Crippen LogP contribution in [0.3, 0.4) is 0 Å². The number of anilines is 1. The molecule has 1 N–H and O–H groups in total. The normalized spacial score (nSPS) is 21.8. The fourth-order valence-corrected chi connectivity index (χ4v) is 6.82. The monoisotopic (exact) mass is 597 g/mol. The molecule has 6 heteroatoms. The molecule has 4 nitrogen and oxygen atoms in total. The fraction of sp³-hybridized carbons (Fsp3) is 0.379. The van der Waals surface area contributed by atoms with Gasteiger partial charge in [-0.25, -0.2) is 0 Å². The van der Waals surface area contributed by atoms with Gasteiger partial charge in [0.05, 0.1) is 0 Å². The second-order valence-electron chi connectivity index (χ2n) is 11.6. The highest BCUT2D eigenvalue weighted by Crippen LogP contribution is 2.56. The minimum atomic E-state index is -0.503. The number of hydrogen-bond acceptors (Lipinski definition) is 4. The Labute approximate surface area is 223 Å². The molecule has 1 aliphatic heterocycles. The lowest BCUT2D eigenvalue weighted by atomic mass is 9.63. The molecule has 0 aromatic heterocycles. The van der Waals surface area contributed by atoms with E-state index in [4.69, 9.17) is 0 Å². The van der Waals surface area contributed by atoms with Crippen molar-refractivity contribution in [3.8, 4) is 5.75 Å². The number of phenolic OH excluding ortho intramolecular Hbond substituents is 1. The molecule has 2 aromatic carbocycles. The smallest absolute Gasteiger partial charge is 0.162 e. The first-order valence-electron chi connectivity index (χ1n) is 11.9. The number of nitrogens with zero attached hydrogens (tertiary/aromatic N) is 1. The van der Waals surface area contributed by atoms with Gasteiger partial charge in [-0.3, -0.25) is 9.59 Å². The molecule has 0 unspecified atom stereocenters. The van der Waals surface area contributed by atoms with E-state index in [-0.39, 0.29) is 28.1 Å². The van der Waals surface area contributed by atoms with E-state index >= 15 is 0 Å². The van der Waals surface area contributed by atoms with Crippen molar-refractivity contribution in [1.82, 2.24) is 0 Å². The highest BCUT2D eigenvalue weighted by molar-refractivity contribution is 9.10. The first-order valence-corrected chi connectivity index (χ1v) is 13.5. The van der Waals surface area contributed by atoms with Crippen molar-refractivity contribution in [2.45, 2.75) is 59.3 Å². The third-order valence-electron chi connectivity index (χ3n) is 7.27. The zero-order valence-electron chi connectivity index (χ0n) is 20.4. The van der Waals surface area contributed by atoms with E-state index in [9.17, 15) is 14.7 Å². The van der Waals surface area contributed by atoms with Gasteiger partial charge in [-0.05, 0) is 65.6 Å². The Bertz CT molecular complexity index is 1280. The van der Waals surface area contributed by atoms with Crippen molar-refractivity contribution < 1.29 is 14.7 Å². The van der Waals surface area contributed by atoms with E-state index in [1.54, 1.807) is 18.2 Å². The summed E-state index contributed by atoms with van der Waals surface area (Å²) in [7, 11) is 0. The number of Topliss-reactive ketones (excluding diaryl/α,β-unsaturated/α-hetero) is 2. The lowest BCUT2D eigenvalue weighted by molar-refractivity contribution is -0.119. The van der Waals surface area contributed by atoms with Gasteiger partial charge in [0.15, 0.2) is 11.6 Å². The maximum atomic E-state index is 13.9. The van der Waals surface area contributed by atoms with Crippen molar-refractivity contribution >= 4 is 49.1 Å². The molecule has 0 saturated heterocycles. The van der Waals surface area contributed by atoms with E-state index in [0.29, 0.717) is 24.0 Å². The van der Waals surface area contributed by atoms with E-state index < -0.39 is 5.92 Å². The summed E-state index contributed by atoms with van der Waals surface area (Å²) in [5.74, 6) is -0.243. The van der Waals surface area contributed by atoms with Gasteiger partial charge in [0.25, 0.3) is 0 Å². The second kappa shape index (κ2) is 8.45. The molecule has 0 bridgehead atoms. The molecular formula is C29H29Br2NO3. The van der Waals surface area contributed by atoms with Gasteiger partial charge in [-0.2, -0.15) is 0 Å². The third-order valence-corrected chi connectivity index (χ3v) is 8.48. The predicted molar refractivity (Wildman–Crippen MR) is 145 cm³/mol. The van der Waals surface area contributed by atoms with Crippen LogP contribution in [0, 0.1) is 10.8 Å². The fourth-order valence-electron chi connectivity index (χ4n) is 5.96. The third kappa shape index (κ3) is 4.33. The summed E-state index contributed by atoms with van der Waals surface area (Å²) >= 11 is 7.27. The molecule has 0 amide bonds. The van der Waals surface area contributed by atoms with Crippen molar-refractivity contribution in [1.29, 1.82) is 0 Å². The molecule has 3 aliphatic rings. The van der Waals surface area contributed by atoms with Crippen molar-refractivity contribution in [2.75, 3.05) is 4.90 Å². The van der Waals surface area contributed by atoms with Gasteiger partial charge in [-0.1, -0.05) is 65.6 Å². The Balaban J connectivity index is 1.87. The van der Waals surface area contributed by atoms with Gasteiger partial charge in [0.2, 0.25) is 0 Å². The summed E-state index contributed by atoms with van der Waals surface area (Å²) < 4.78 is 1.73. The number of halogens is 2. The maximum absolute atomic E-state index is 13.9. The highest BCUT2D eigenvalue weighted by Gasteiger charge is 2.49. The van der Waals surface area contributed by atoms with Crippen molar-refractivity contribution in [3.05, 3.63) is 79.5 Å². The van der Waals surface area contributed by atoms with Crippen LogP contribution in [0.25, 0.3) is 0 Å². The lowest BCUT2D eigenvalue weighted by Gasteiger charge is -2.49. The van der Waals surface area contributed by atoms with Gasteiger partial charge in [-0.15, -0.1) is 0 Å². The summed E-state index contributed by atoms with van der Waals surface area (Å²) in [6.45, 7) is 8.53. The van der Waals surface area contributed by atoms with Gasteiger partial charge < -0.3 is 10.0 Å². The zero-order valence-corrected chi connectivity index (χ0v) is 23.6. The number of hydrogen-bond donors (Lipinski definition) is 1. The van der Waals surface area contributed by atoms with E-state index in [1.165, 1.54) is 0 Å². The van der Waals surface area contributed by atoms with Crippen LogP contribution in [0.1, 0.15) is 64.9 Å².